The van der Waals surface area contributed by atoms with Crippen molar-refractivity contribution in [3.05, 3.63) is 40.2 Å². The average Bonchev–Trinajstić information content (AvgIpc) is 2.42. The molecule has 0 aliphatic heterocycles. The Bertz CT molecular complexity index is 635. The summed E-state index contributed by atoms with van der Waals surface area (Å²) in [6.07, 6.45) is 0.702. The molecular formula is C15H19NO4. The number of hydrogen-bond acceptors (Lipinski definition) is 5. The number of aliphatic hydroxyl groups is 1. The molecule has 0 radical (unpaired) electrons. The Morgan fingerprint density at radius 3 is 2.80 bits per heavy atom. The fraction of sp³-hybridized carbons (Fsp3) is 0.400. The summed E-state index contributed by atoms with van der Waals surface area (Å²) in [5.41, 5.74) is 0.845. The molecule has 2 aromatic rings. The molecule has 0 saturated carbocycles. The molecule has 0 amide bonds. The van der Waals surface area contributed by atoms with E-state index in [4.69, 9.17) is 9.52 Å². The fourth-order valence-corrected chi connectivity index (χ4v) is 2.23. The lowest BCUT2D eigenvalue weighted by molar-refractivity contribution is 0.225. The highest BCUT2D eigenvalue weighted by atomic mass is 16.4. The number of benzene rings is 1. The highest BCUT2D eigenvalue weighted by Crippen LogP contribution is 2.22. The zero-order valence-electron chi connectivity index (χ0n) is 11.5. The number of phenolic OH excluding ortho intramolecular Hbond substituents is 1. The van der Waals surface area contributed by atoms with Gasteiger partial charge >= 0.3 is 5.63 Å². The van der Waals surface area contributed by atoms with Crippen molar-refractivity contribution in [2.75, 3.05) is 19.7 Å². The third-order valence-corrected chi connectivity index (χ3v) is 3.29. The van der Waals surface area contributed by atoms with Gasteiger partial charge in [0.1, 0.15) is 11.3 Å². The quantitative estimate of drug-likeness (QED) is 0.786. The highest BCUT2D eigenvalue weighted by molar-refractivity contribution is 5.81. The first kappa shape index (κ1) is 14.6. The third kappa shape index (κ3) is 3.37. The summed E-state index contributed by atoms with van der Waals surface area (Å²) in [5.74, 6) is 0.0745. The van der Waals surface area contributed by atoms with Crippen LogP contribution >= 0.6 is 0 Å². The minimum atomic E-state index is -0.420. The van der Waals surface area contributed by atoms with Crippen molar-refractivity contribution in [1.82, 2.24) is 4.90 Å². The maximum atomic E-state index is 11.6. The summed E-state index contributed by atoms with van der Waals surface area (Å²) in [7, 11) is 0. The summed E-state index contributed by atoms with van der Waals surface area (Å²) in [4.78, 5) is 13.7. The van der Waals surface area contributed by atoms with Gasteiger partial charge in [-0.2, -0.15) is 0 Å². The summed E-state index contributed by atoms with van der Waals surface area (Å²) in [5, 5.41) is 19.2. The van der Waals surface area contributed by atoms with Crippen molar-refractivity contribution in [2.24, 2.45) is 0 Å². The second-order valence-corrected chi connectivity index (χ2v) is 4.72. The Labute approximate surface area is 117 Å². The lowest BCUT2D eigenvalue weighted by Crippen LogP contribution is -2.25. The molecular weight excluding hydrogens is 258 g/mol. The van der Waals surface area contributed by atoms with Gasteiger partial charge in [-0.1, -0.05) is 6.92 Å². The Morgan fingerprint density at radius 1 is 1.30 bits per heavy atom. The summed E-state index contributed by atoms with van der Waals surface area (Å²) in [6.45, 7) is 4.41. The number of fused-ring (bicyclic) bond motifs is 1. The van der Waals surface area contributed by atoms with Crippen LogP contribution in [-0.4, -0.2) is 34.8 Å². The Balaban J connectivity index is 2.35. The molecule has 0 atom stereocenters. The molecule has 0 unspecified atom stereocenters. The van der Waals surface area contributed by atoms with Crippen LogP contribution in [0.25, 0.3) is 11.0 Å². The second kappa shape index (κ2) is 6.54. The molecule has 0 aliphatic carbocycles. The predicted molar refractivity (Wildman–Crippen MR) is 76.8 cm³/mol. The molecule has 0 bridgehead atoms. The van der Waals surface area contributed by atoms with E-state index in [-0.39, 0.29) is 12.4 Å². The second-order valence-electron chi connectivity index (χ2n) is 4.72. The molecule has 108 valence electrons. The van der Waals surface area contributed by atoms with E-state index in [0.717, 1.165) is 24.0 Å². The summed E-state index contributed by atoms with van der Waals surface area (Å²) < 4.78 is 5.11. The van der Waals surface area contributed by atoms with E-state index in [1.807, 2.05) is 6.92 Å². The predicted octanol–water partition coefficient (Wildman–Crippen LogP) is 1.70. The number of nitrogens with zero attached hydrogens (tertiary/aromatic N) is 1. The van der Waals surface area contributed by atoms with Gasteiger partial charge in [-0.3, -0.25) is 4.90 Å². The van der Waals surface area contributed by atoms with Crippen molar-refractivity contribution < 1.29 is 14.6 Å². The standard InChI is InChI=1S/C15H19NO4/c1-2-16(6-3-7-17)10-11-8-15(19)20-14-9-12(18)4-5-13(11)14/h4-5,8-9,17-18H,2-3,6-7,10H2,1H3. The number of phenols is 1. The maximum absolute atomic E-state index is 11.6. The summed E-state index contributed by atoms with van der Waals surface area (Å²) >= 11 is 0. The zero-order valence-corrected chi connectivity index (χ0v) is 11.5. The fourth-order valence-electron chi connectivity index (χ4n) is 2.23. The van der Waals surface area contributed by atoms with E-state index in [1.54, 1.807) is 12.1 Å². The number of aliphatic hydroxyl groups excluding tert-OH is 1. The Morgan fingerprint density at radius 2 is 2.10 bits per heavy atom. The van der Waals surface area contributed by atoms with Crippen LogP contribution in [-0.2, 0) is 6.54 Å². The van der Waals surface area contributed by atoms with Crippen LogP contribution in [0.4, 0.5) is 0 Å². The van der Waals surface area contributed by atoms with Gasteiger partial charge in [-0.15, -0.1) is 0 Å². The molecule has 5 heteroatoms. The van der Waals surface area contributed by atoms with Crippen molar-refractivity contribution in [2.45, 2.75) is 19.9 Å². The van der Waals surface area contributed by atoms with Crippen LogP contribution in [0.15, 0.2) is 33.5 Å². The van der Waals surface area contributed by atoms with Crippen LogP contribution in [0.1, 0.15) is 18.9 Å². The highest BCUT2D eigenvalue weighted by Gasteiger charge is 2.10. The van der Waals surface area contributed by atoms with Gasteiger partial charge < -0.3 is 14.6 Å². The van der Waals surface area contributed by atoms with Crippen LogP contribution < -0.4 is 5.63 Å². The molecule has 0 saturated heterocycles. The first-order valence-corrected chi connectivity index (χ1v) is 6.73. The minimum Gasteiger partial charge on any atom is -0.508 e. The molecule has 1 aromatic heterocycles. The average molecular weight is 277 g/mol. The van der Waals surface area contributed by atoms with Crippen LogP contribution in [0.2, 0.25) is 0 Å². The number of aromatic hydroxyl groups is 1. The third-order valence-electron chi connectivity index (χ3n) is 3.29. The Hall–Kier alpha value is -1.85. The van der Waals surface area contributed by atoms with Gasteiger partial charge in [-0.25, -0.2) is 4.79 Å². The van der Waals surface area contributed by atoms with E-state index in [1.165, 1.54) is 12.1 Å². The van der Waals surface area contributed by atoms with Gasteiger partial charge in [0.25, 0.3) is 0 Å². The molecule has 20 heavy (non-hydrogen) atoms. The molecule has 2 N–H and O–H groups in total. The monoisotopic (exact) mass is 277 g/mol. The topological polar surface area (TPSA) is 73.9 Å². The van der Waals surface area contributed by atoms with Crippen molar-refractivity contribution in [3.63, 3.8) is 0 Å². The van der Waals surface area contributed by atoms with Crippen molar-refractivity contribution in [1.29, 1.82) is 0 Å². The van der Waals surface area contributed by atoms with E-state index in [2.05, 4.69) is 4.90 Å². The van der Waals surface area contributed by atoms with Gasteiger partial charge in [0, 0.05) is 37.2 Å². The largest absolute Gasteiger partial charge is 0.508 e. The van der Waals surface area contributed by atoms with Gasteiger partial charge in [-0.05, 0) is 30.7 Å². The molecule has 2 rings (SSSR count). The zero-order chi connectivity index (χ0) is 14.5. The molecule has 0 spiro atoms. The lowest BCUT2D eigenvalue weighted by atomic mass is 10.1. The molecule has 1 heterocycles. The first-order chi connectivity index (χ1) is 9.63. The normalized spacial score (nSPS) is 11.3. The summed E-state index contributed by atoms with van der Waals surface area (Å²) in [6, 6.07) is 6.27. The SMILES string of the molecule is CCN(CCCO)Cc1cc(=O)oc2cc(O)ccc12. The molecule has 0 fully saturated rings. The van der Waals surface area contributed by atoms with Gasteiger partial charge in [0.2, 0.25) is 0 Å². The molecule has 0 aliphatic rings. The molecule has 1 aromatic carbocycles. The number of rotatable bonds is 6. The van der Waals surface area contributed by atoms with E-state index >= 15 is 0 Å². The van der Waals surface area contributed by atoms with Crippen LogP contribution in [0.5, 0.6) is 5.75 Å². The van der Waals surface area contributed by atoms with Crippen molar-refractivity contribution >= 4 is 11.0 Å². The van der Waals surface area contributed by atoms with E-state index in [9.17, 15) is 9.90 Å². The van der Waals surface area contributed by atoms with Crippen LogP contribution in [0, 0.1) is 0 Å². The van der Waals surface area contributed by atoms with E-state index in [0.29, 0.717) is 18.5 Å². The number of hydrogen-bond donors (Lipinski definition) is 2. The maximum Gasteiger partial charge on any atom is 0.336 e. The minimum absolute atomic E-state index is 0.0745. The lowest BCUT2D eigenvalue weighted by Gasteiger charge is -2.20. The van der Waals surface area contributed by atoms with E-state index < -0.39 is 5.63 Å². The van der Waals surface area contributed by atoms with Crippen molar-refractivity contribution in [3.8, 4) is 5.75 Å². The smallest absolute Gasteiger partial charge is 0.336 e. The van der Waals surface area contributed by atoms with Gasteiger partial charge in [0.15, 0.2) is 0 Å². The van der Waals surface area contributed by atoms with Crippen LogP contribution in [0.3, 0.4) is 0 Å². The first-order valence-electron chi connectivity index (χ1n) is 6.73. The van der Waals surface area contributed by atoms with Gasteiger partial charge in [0.05, 0.1) is 0 Å². The Kier molecular flexibility index (Phi) is 4.76. The molecule has 5 nitrogen and oxygen atoms in total.